The van der Waals surface area contributed by atoms with Crippen molar-refractivity contribution < 1.29 is 23.5 Å². The van der Waals surface area contributed by atoms with Crippen LogP contribution < -0.4 is 5.32 Å². The fourth-order valence-corrected chi connectivity index (χ4v) is 4.88. The fourth-order valence-electron chi connectivity index (χ4n) is 4.75. The predicted molar refractivity (Wildman–Crippen MR) is 133 cm³/mol. The Kier molecular flexibility index (Phi) is 8.21. The molecule has 3 rings (SSSR count). The number of piperidine rings is 1. The van der Waals surface area contributed by atoms with Gasteiger partial charge in [0.15, 0.2) is 0 Å². The van der Waals surface area contributed by atoms with Crippen molar-refractivity contribution in [3.8, 4) is 0 Å². The minimum atomic E-state index is -0.796. The van der Waals surface area contributed by atoms with Gasteiger partial charge in [0.05, 0.1) is 12.7 Å². The minimum absolute atomic E-state index is 0.0503. The van der Waals surface area contributed by atoms with Crippen molar-refractivity contribution in [3.63, 3.8) is 0 Å². The largest absolute Gasteiger partial charge is 0.465 e. The van der Waals surface area contributed by atoms with Crippen molar-refractivity contribution in [3.05, 3.63) is 70.0 Å². The van der Waals surface area contributed by atoms with Gasteiger partial charge in [-0.15, -0.1) is 0 Å². The number of ether oxygens (including phenoxy) is 1. The summed E-state index contributed by atoms with van der Waals surface area (Å²) in [5.74, 6) is -2.23. The summed E-state index contributed by atoms with van der Waals surface area (Å²) >= 11 is 6.05. The van der Waals surface area contributed by atoms with E-state index in [9.17, 15) is 18.8 Å². The first-order valence-electron chi connectivity index (χ1n) is 11.7. The van der Waals surface area contributed by atoms with Crippen LogP contribution in [-0.4, -0.2) is 48.9 Å². The molecule has 1 N–H and O–H groups in total. The average Bonchev–Trinajstić information content (AvgIpc) is 2.80. The molecule has 1 fully saturated rings. The number of likely N-dealkylation sites (tertiary alicyclic amines) is 1. The van der Waals surface area contributed by atoms with Crippen LogP contribution in [0.25, 0.3) is 0 Å². The second-order valence-electron chi connectivity index (χ2n) is 10.1. The monoisotopic (exact) mass is 502 g/mol. The lowest BCUT2D eigenvalue weighted by atomic mass is 9.70. The highest BCUT2D eigenvalue weighted by molar-refractivity contribution is 6.30. The van der Waals surface area contributed by atoms with E-state index in [-0.39, 0.29) is 34.3 Å². The van der Waals surface area contributed by atoms with Crippen LogP contribution in [0, 0.1) is 17.2 Å². The smallest absolute Gasteiger partial charge is 0.337 e. The standard InChI is InChI=1S/C27H32ClFN2O4/c1-16(2)23(30-24(32)18-12-19(26(34)35-5)14-21(29)13-18)25(33)31-11-10-22(27(3,4)15-31)17-6-8-20(28)9-7-17/h6-9,12-14,16,22-23H,10-11,15H2,1-5H3,(H,30,32)/t22?,23-/m1/s1. The van der Waals surface area contributed by atoms with Crippen LogP contribution in [-0.2, 0) is 9.53 Å². The lowest BCUT2D eigenvalue weighted by Crippen LogP contribution is -2.55. The predicted octanol–water partition coefficient (Wildman–Crippen LogP) is 5.06. The SMILES string of the molecule is COC(=O)c1cc(F)cc(C(=O)N[C@@H](C(=O)N2CCC(c3ccc(Cl)cc3)C(C)(C)C2)C(C)C)c1. The Bertz CT molecular complexity index is 1100. The van der Waals surface area contributed by atoms with Gasteiger partial charge in [0.25, 0.3) is 5.91 Å². The minimum Gasteiger partial charge on any atom is -0.465 e. The molecule has 6 nitrogen and oxygen atoms in total. The second-order valence-corrected chi connectivity index (χ2v) is 10.5. The van der Waals surface area contributed by atoms with Crippen LogP contribution >= 0.6 is 11.6 Å². The number of nitrogens with one attached hydrogen (secondary N) is 1. The number of carbonyl (C=O) groups excluding carboxylic acids is 3. The van der Waals surface area contributed by atoms with Gasteiger partial charge in [0.2, 0.25) is 5.91 Å². The summed E-state index contributed by atoms with van der Waals surface area (Å²) in [4.78, 5) is 40.1. The molecule has 0 bridgehead atoms. The maximum absolute atomic E-state index is 14.0. The number of methoxy groups -OCH3 is 1. The summed E-state index contributed by atoms with van der Waals surface area (Å²) in [5, 5.41) is 3.44. The average molecular weight is 503 g/mol. The fraction of sp³-hybridized carbons (Fsp3) is 0.444. The highest BCUT2D eigenvalue weighted by Crippen LogP contribution is 2.42. The zero-order valence-corrected chi connectivity index (χ0v) is 21.5. The lowest BCUT2D eigenvalue weighted by Gasteiger charge is -2.45. The summed E-state index contributed by atoms with van der Waals surface area (Å²) in [6.45, 7) is 9.05. The van der Waals surface area contributed by atoms with Crippen LogP contribution in [0.4, 0.5) is 4.39 Å². The summed E-state index contributed by atoms with van der Waals surface area (Å²) < 4.78 is 18.7. The molecule has 1 aliphatic rings. The van der Waals surface area contributed by atoms with Gasteiger partial charge >= 0.3 is 5.97 Å². The van der Waals surface area contributed by atoms with E-state index in [2.05, 4.69) is 23.9 Å². The van der Waals surface area contributed by atoms with Crippen molar-refractivity contribution >= 4 is 29.4 Å². The Morgan fingerprint density at radius 2 is 1.74 bits per heavy atom. The molecule has 2 atom stereocenters. The number of halogens is 2. The van der Waals surface area contributed by atoms with Crippen LogP contribution in [0.3, 0.4) is 0 Å². The Hall–Kier alpha value is -2.93. The van der Waals surface area contributed by atoms with Gasteiger partial charge < -0.3 is 15.0 Å². The molecular weight excluding hydrogens is 471 g/mol. The maximum Gasteiger partial charge on any atom is 0.337 e. The van der Waals surface area contributed by atoms with Gasteiger partial charge in [-0.25, -0.2) is 9.18 Å². The molecule has 2 aromatic carbocycles. The Labute approximate surface area is 210 Å². The molecule has 1 aliphatic heterocycles. The van der Waals surface area contributed by atoms with Crippen molar-refractivity contribution in [2.75, 3.05) is 20.2 Å². The molecule has 2 amide bonds. The van der Waals surface area contributed by atoms with Gasteiger partial charge in [-0.05, 0) is 59.6 Å². The molecule has 0 saturated carbocycles. The lowest BCUT2D eigenvalue weighted by molar-refractivity contribution is -0.137. The molecule has 0 spiro atoms. The topological polar surface area (TPSA) is 75.7 Å². The van der Waals surface area contributed by atoms with E-state index in [0.717, 1.165) is 18.6 Å². The zero-order chi connectivity index (χ0) is 25.9. The van der Waals surface area contributed by atoms with Crippen LogP contribution in [0.5, 0.6) is 0 Å². The molecule has 1 saturated heterocycles. The first-order chi connectivity index (χ1) is 16.4. The number of carbonyl (C=O) groups is 3. The zero-order valence-electron chi connectivity index (χ0n) is 20.7. The number of esters is 1. The molecule has 35 heavy (non-hydrogen) atoms. The molecule has 1 heterocycles. The molecule has 0 aliphatic carbocycles. The highest BCUT2D eigenvalue weighted by atomic mass is 35.5. The van der Waals surface area contributed by atoms with Crippen molar-refractivity contribution in [2.45, 2.75) is 46.1 Å². The number of benzene rings is 2. The second kappa shape index (κ2) is 10.8. The number of nitrogens with zero attached hydrogens (tertiary/aromatic N) is 1. The maximum atomic E-state index is 14.0. The Morgan fingerprint density at radius 1 is 1.11 bits per heavy atom. The van der Waals surface area contributed by atoms with Crippen LogP contribution in [0.1, 0.15) is 66.3 Å². The van der Waals surface area contributed by atoms with E-state index in [4.69, 9.17) is 11.6 Å². The normalized spacial score (nSPS) is 18.2. The van der Waals surface area contributed by atoms with E-state index >= 15 is 0 Å². The van der Waals surface area contributed by atoms with Crippen LogP contribution in [0.15, 0.2) is 42.5 Å². The van der Waals surface area contributed by atoms with E-state index in [1.165, 1.54) is 18.7 Å². The molecule has 188 valence electrons. The summed E-state index contributed by atoms with van der Waals surface area (Å²) in [7, 11) is 1.18. The summed E-state index contributed by atoms with van der Waals surface area (Å²) in [5.41, 5.74) is 0.875. The Balaban J connectivity index is 1.76. The summed E-state index contributed by atoms with van der Waals surface area (Å²) in [6, 6.07) is 10.3. The highest BCUT2D eigenvalue weighted by Gasteiger charge is 2.40. The van der Waals surface area contributed by atoms with E-state index < -0.39 is 23.7 Å². The number of rotatable bonds is 6. The van der Waals surface area contributed by atoms with E-state index in [1.807, 2.05) is 38.1 Å². The number of hydrogen-bond donors (Lipinski definition) is 1. The quantitative estimate of drug-likeness (QED) is 0.560. The van der Waals surface area contributed by atoms with Crippen molar-refractivity contribution in [1.29, 1.82) is 0 Å². The molecule has 0 radical (unpaired) electrons. The molecule has 0 aromatic heterocycles. The number of hydrogen-bond acceptors (Lipinski definition) is 4. The van der Waals surface area contributed by atoms with Gasteiger partial charge in [-0.1, -0.05) is 51.4 Å². The van der Waals surface area contributed by atoms with E-state index in [0.29, 0.717) is 18.1 Å². The third kappa shape index (κ3) is 6.20. The first-order valence-corrected chi connectivity index (χ1v) is 12.0. The van der Waals surface area contributed by atoms with Crippen molar-refractivity contribution in [2.24, 2.45) is 11.3 Å². The van der Waals surface area contributed by atoms with Crippen LogP contribution in [0.2, 0.25) is 5.02 Å². The third-order valence-corrected chi connectivity index (χ3v) is 6.87. The van der Waals surface area contributed by atoms with E-state index in [1.54, 1.807) is 4.90 Å². The molecule has 2 aromatic rings. The Morgan fingerprint density at radius 3 is 2.31 bits per heavy atom. The number of amides is 2. The molecule has 8 heteroatoms. The van der Waals surface area contributed by atoms with Gasteiger partial charge in [-0.3, -0.25) is 9.59 Å². The third-order valence-electron chi connectivity index (χ3n) is 6.61. The first kappa shape index (κ1) is 26.7. The molecule has 1 unspecified atom stereocenters. The van der Waals surface area contributed by atoms with Gasteiger partial charge in [0.1, 0.15) is 11.9 Å². The summed E-state index contributed by atoms with van der Waals surface area (Å²) in [6.07, 6.45) is 0.783. The van der Waals surface area contributed by atoms with Crippen molar-refractivity contribution in [1.82, 2.24) is 10.2 Å². The van der Waals surface area contributed by atoms with Gasteiger partial charge in [-0.2, -0.15) is 0 Å². The van der Waals surface area contributed by atoms with Gasteiger partial charge in [0, 0.05) is 23.7 Å². The molecular formula is C27H32ClFN2O4.